The monoisotopic (exact) mass is 402 g/mol. The number of hydrogen-bond donors (Lipinski definition) is 2. The molecular formula is C14H32F4O4P2. The van der Waals surface area contributed by atoms with Gasteiger partial charge < -0.3 is 9.79 Å². The summed E-state index contributed by atoms with van der Waals surface area (Å²) < 4.78 is 57.4. The zero-order valence-corrected chi connectivity index (χ0v) is 16.3. The van der Waals surface area contributed by atoms with Crippen LogP contribution in [0.2, 0.25) is 0 Å². The Morgan fingerprint density at radius 2 is 1.08 bits per heavy atom. The van der Waals surface area contributed by atoms with Gasteiger partial charge in [0.25, 0.3) is 0 Å². The van der Waals surface area contributed by atoms with Gasteiger partial charge in [0.1, 0.15) is 0 Å². The minimum Gasteiger partial charge on any atom is -0.301 e. The molecule has 0 aromatic heterocycles. The number of phosphoric acid groups is 1. The van der Waals surface area contributed by atoms with Crippen molar-refractivity contribution in [3.8, 4) is 0 Å². The van der Waals surface area contributed by atoms with E-state index < -0.39 is 22.2 Å². The van der Waals surface area contributed by atoms with Crippen LogP contribution in [0.4, 0.5) is 17.1 Å². The Kier molecular flexibility index (Phi) is 18.4. The predicted octanol–water partition coefficient (Wildman–Crippen LogP) is 7.07. The molecule has 0 saturated carbocycles. The molecule has 0 atom stereocenters. The van der Waals surface area contributed by atoms with Crippen LogP contribution >= 0.6 is 16.0 Å². The van der Waals surface area contributed by atoms with Gasteiger partial charge >= 0.3 is 105 Å². The quantitative estimate of drug-likeness (QED) is 0.185. The van der Waals surface area contributed by atoms with Crippen molar-refractivity contribution in [1.29, 1.82) is 0 Å². The van der Waals surface area contributed by atoms with Gasteiger partial charge in [0.05, 0.1) is 0 Å². The molecule has 0 aromatic rings. The molecule has 0 aliphatic carbocycles. The molecule has 0 spiro atoms. The fourth-order valence-electron chi connectivity index (χ4n) is 2.17. The Hall–Kier alpha value is 0.260. The summed E-state index contributed by atoms with van der Waals surface area (Å²) in [5.74, 6) is 0. The molecule has 24 heavy (non-hydrogen) atoms. The molecule has 0 bridgehead atoms. The molecule has 0 radical (unpaired) electrons. The van der Waals surface area contributed by atoms with E-state index >= 15 is 0 Å². The number of halogens is 4. The standard InChI is InChI=1S/C14H30F3P.FH2O4P/c1-2-3-4-5-6-7-8-9-10-11-12-13-14-18(15,16)17;1-5-6(2,3)4/h18H,2-14H2,1H3;(H2,2,3,4). The summed E-state index contributed by atoms with van der Waals surface area (Å²) in [6.45, 7) is 2.22. The van der Waals surface area contributed by atoms with E-state index in [4.69, 9.17) is 14.4 Å². The van der Waals surface area contributed by atoms with Gasteiger partial charge in [-0.2, -0.15) is 0 Å². The van der Waals surface area contributed by atoms with Crippen LogP contribution in [-0.2, 0) is 9.29 Å². The molecule has 0 unspecified atom stereocenters. The summed E-state index contributed by atoms with van der Waals surface area (Å²) in [6, 6.07) is 0. The average Bonchev–Trinajstić information content (AvgIpc) is 2.47. The molecular weight excluding hydrogens is 370 g/mol. The molecule has 0 heterocycles. The molecule has 4 nitrogen and oxygen atoms in total. The molecule has 0 amide bonds. The SMILES string of the molecule is CCCCCCCCCCCCCC[PH](F)(F)F.O=P(O)(O)OF. The van der Waals surface area contributed by atoms with Crippen LogP contribution in [0, 0.1) is 0 Å². The van der Waals surface area contributed by atoms with E-state index in [1.54, 1.807) is 0 Å². The van der Waals surface area contributed by atoms with Crippen molar-refractivity contribution in [1.82, 2.24) is 0 Å². The van der Waals surface area contributed by atoms with Gasteiger partial charge in [0.2, 0.25) is 0 Å². The van der Waals surface area contributed by atoms with Crippen molar-refractivity contribution in [2.24, 2.45) is 0 Å². The molecule has 2 N–H and O–H groups in total. The van der Waals surface area contributed by atoms with Crippen molar-refractivity contribution in [2.75, 3.05) is 6.16 Å². The molecule has 0 aliphatic heterocycles. The van der Waals surface area contributed by atoms with E-state index in [1.807, 2.05) is 0 Å². The normalized spacial score (nSPS) is 12.6. The van der Waals surface area contributed by atoms with Gasteiger partial charge in [-0.15, -0.1) is 0 Å². The maximum atomic E-state index is 12.0. The van der Waals surface area contributed by atoms with Gasteiger partial charge in [-0.3, -0.25) is 0 Å². The predicted molar refractivity (Wildman–Crippen MR) is 91.8 cm³/mol. The number of hydrogen-bond acceptors (Lipinski definition) is 2. The number of unbranched alkanes of at least 4 members (excludes halogenated alkanes) is 11. The van der Waals surface area contributed by atoms with Crippen LogP contribution < -0.4 is 0 Å². The van der Waals surface area contributed by atoms with Crippen LogP contribution in [0.15, 0.2) is 0 Å². The number of rotatable bonds is 14. The first-order valence-electron chi connectivity index (χ1n) is 8.55. The Morgan fingerprint density at radius 1 is 0.792 bits per heavy atom. The Morgan fingerprint density at radius 3 is 1.33 bits per heavy atom. The van der Waals surface area contributed by atoms with E-state index in [0.717, 1.165) is 19.3 Å². The average molecular weight is 402 g/mol. The third kappa shape index (κ3) is 30.2. The Balaban J connectivity index is 0. The van der Waals surface area contributed by atoms with Crippen LogP contribution in [0.3, 0.4) is 0 Å². The third-order valence-corrected chi connectivity index (χ3v) is 4.50. The largest absolute Gasteiger partial charge is 0.500 e. The summed E-state index contributed by atoms with van der Waals surface area (Å²) in [6.07, 6.45) is 13.2. The van der Waals surface area contributed by atoms with Crippen molar-refractivity contribution < 1.29 is 36.2 Å². The zero-order chi connectivity index (χ0) is 18.9. The van der Waals surface area contributed by atoms with Crippen LogP contribution in [0.5, 0.6) is 0 Å². The van der Waals surface area contributed by atoms with Crippen molar-refractivity contribution >= 4 is 16.0 Å². The fraction of sp³-hybridized carbons (Fsp3) is 1.00. The molecule has 0 rings (SSSR count). The van der Waals surface area contributed by atoms with Gasteiger partial charge in [-0.25, -0.2) is 4.57 Å². The Bertz CT molecular complexity index is 312. The van der Waals surface area contributed by atoms with E-state index in [2.05, 4.69) is 11.7 Å². The minimum absolute atomic E-state index is 0.368. The van der Waals surface area contributed by atoms with E-state index in [0.29, 0.717) is 6.42 Å². The summed E-state index contributed by atoms with van der Waals surface area (Å²) >= 11 is 0. The molecule has 10 heteroatoms. The molecule has 150 valence electrons. The molecule has 0 fully saturated rings. The van der Waals surface area contributed by atoms with E-state index in [-0.39, 0.29) is 0 Å². The summed E-state index contributed by atoms with van der Waals surface area (Å²) in [5, 5.41) is 0. The van der Waals surface area contributed by atoms with Crippen LogP contribution in [-0.4, -0.2) is 15.9 Å². The van der Waals surface area contributed by atoms with Crippen molar-refractivity contribution in [3.05, 3.63) is 0 Å². The molecule has 0 aliphatic rings. The summed E-state index contributed by atoms with van der Waals surface area (Å²) in [7, 11) is -10.1. The van der Waals surface area contributed by atoms with Crippen LogP contribution in [0.1, 0.15) is 84.0 Å². The summed E-state index contributed by atoms with van der Waals surface area (Å²) in [4.78, 5) is 14.7. The van der Waals surface area contributed by atoms with Crippen molar-refractivity contribution in [3.63, 3.8) is 0 Å². The first kappa shape index (κ1) is 26.5. The topological polar surface area (TPSA) is 66.8 Å². The second-order valence-electron chi connectivity index (χ2n) is 5.81. The van der Waals surface area contributed by atoms with Gasteiger partial charge in [0, 0.05) is 0 Å². The summed E-state index contributed by atoms with van der Waals surface area (Å²) in [5.41, 5.74) is 0. The van der Waals surface area contributed by atoms with Crippen LogP contribution in [0.25, 0.3) is 0 Å². The van der Waals surface area contributed by atoms with E-state index in [9.17, 15) is 17.1 Å². The molecule has 0 aromatic carbocycles. The fourth-order valence-corrected chi connectivity index (χ4v) is 2.82. The maximum Gasteiger partial charge on any atom is 0.500 e. The van der Waals surface area contributed by atoms with Crippen molar-refractivity contribution in [2.45, 2.75) is 84.0 Å². The minimum atomic E-state index is -5.25. The Labute approximate surface area is 143 Å². The smallest absolute Gasteiger partial charge is 0.301 e. The first-order valence-corrected chi connectivity index (χ1v) is 11.9. The maximum absolute atomic E-state index is 12.0. The first-order chi connectivity index (χ1) is 11.1. The van der Waals surface area contributed by atoms with Gasteiger partial charge in [-0.05, 0) is 4.53 Å². The zero-order valence-electron chi connectivity index (χ0n) is 14.4. The van der Waals surface area contributed by atoms with Gasteiger partial charge in [-0.1, -0.05) is 18.1 Å². The van der Waals surface area contributed by atoms with Gasteiger partial charge in [0.15, 0.2) is 0 Å². The molecule has 0 saturated heterocycles. The second-order valence-corrected chi connectivity index (χ2v) is 8.66. The van der Waals surface area contributed by atoms with E-state index in [1.165, 1.54) is 51.4 Å². The second kappa shape index (κ2) is 16.7. The third-order valence-electron chi connectivity index (χ3n) is 3.40.